The minimum Gasteiger partial charge on any atom is -0.348 e. The average Bonchev–Trinajstić information content (AvgIpc) is 2.91. The van der Waals surface area contributed by atoms with Crippen molar-refractivity contribution in [1.82, 2.24) is 14.9 Å². The summed E-state index contributed by atoms with van der Waals surface area (Å²) in [4.78, 5) is 16.8. The fourth-order valence-electron chi connectivity index (χ4n) is 2.63. The number of nitrogens with zero attached hydrogens (tertiary/aromatic N) is 2. The van der Waals surface area contributed by atoms with Gasteiger partial charge in [-0.25, -0.2) is 9.37 Å². The van der Waals surface area contributed by atoms with Gasteiger partial charge in [0.15, 0.2) is 0 Å². The van der Waals surface area contributed by atoms with Crippen LogP contribution >= 0.6 is 0 Å². The molecule has 0 radical (unpaired) electrons. The number of rotatable bonds is 4. The molecule has 4 nitrogen and oxygen atoms in total. The maximum Gasteiger partial charge on any atom is 0.225 e. The molecule has 2 aromatic carbocycles. The highest BCUT2D eigenvalue weighted by Gasteiger charge is 2.21. The Morgan fingerprint density at radius 1 is 1.12 bits per heavy atom. The van der Waals surface area contributed by atoms with Crippen molar-refractivity contribution in [3.8, 4) is 0 Å². The molecule has 0 atom stereocenters. The number of imidazole rings is 1. The predicted molar refractivity (Wildman–Crippen MR) is 96.5 cm³/mol. The summed E-state index contributed by atoms with van der Waals surface area (Å²) in [7, 11) is 0. The second kappa shape index (κ2) is 6.67. The number of carbonyl (C=O) groups is 1. The Labute approximate surface area is 146 Å². The Morgan fingerprint density at radius 2 is 1.80 bits per heavy atom. The zero-order valence-electron chi connectivity index (χ0n) is 14.7. The second-order valence-corrected chi connectivity index (χ2v) is 7.16. The van der Waals surface area contributed by atoms with E-state index in [9.17, 15) is 9.18 Å². The Balaban J connectivity index is 1.91. The third-order valence-corrected chi connectivity index (χ3v) is 4.08. The summed E-state index contributed by atoms with van der Waals surface area (Å²) in [6.45, 7) is 6.56. The number of nitrogens with one attached hydrogen (secondary N) is 1. The number of para-hydroxylation sites is 2. The lowest BCUT2D eigenvalue weighted by molar-refractivity contribution is -0.128. The van der Waals surface area contributed by atoms with E-state index in [1.54, 1.807) is 12.1 Å². The van der Waals surface area contributed by atoms with E-state index in [-0.39, 0.29) is 11.7 Å². The van der Waals surface area contributed by atoms with Crippen LogP contribution in [0.15, 0.2) is 48.5 Å². The highest BCUT2D eigenvalue weighted by molar-refractivity contribution is 5.81. The van der Waals surface area contributed by atoms with Crippen LogP contribution in [0.5, 0.6) is 0 Å². The summed E-state index contributed by atoms with van der Waals surface area (Å²) in [5.41, 5.74) is 2.40. The molecule has 0 aliphatic rings. The van der Waals surface area contributed by atoms with Crippen molar-refractivity contribution >= 4 is 16.9 Å². The van der Waals surface area contributed by atoms with E-state index < -0.39 is 5.41 Å². The molecular formula is C20H22FN3O. The number of fused-ring (bicyclic) bond motifs is 1. The zero-order valence-corrected chi connectivity index (χ0v) is 14.7. The molecule has 25 heavy (non-hydrogen) atoms. The van der Waals surface area contributed by atoms with E-state index in [0.717, 1.165) is 22.4 Å². The van der Waals surface area contributed by atoms with Crippen LogP contribution in [-0.2, 0) is 17.9 Å². The molecule has 3 aromatic rings. The third-order valence-electron chi connectivity index (χ3n) is 4.08. The zero-order chi connectivity index (χ0) is 18.0. The number of benzene rings is 2. The largest absolute Gasteiger partial charge is 0.348 e. The molecule has 1 aromatic heterocycles. The van der Waals surface area contributed by atoms with E-state index in [1.807, 2.05) is 45.0 Å². The lowest BCUT2D eigenvalue weighted by atomic mass is 9.96. The van der Waals surface area contributed by atoms with Crippen molar-refractivity contribution in [1.29, 1.82) is 0 Å². The van der Waals surface area contributed by atoms with Crippen molar-refractivity contribution in [3.63, 3.8) is 0 Å². The Morgan fingerprint density at radius 3 is 2.48 bits per heavy atom. The Hall–Kier alpha value is -2.69. The quantitative estimate of drug-likeness (QED) is 0.784. The fraction of sp³-hybridized carbons (Fsp3) is 0.300. The monoisotopic (exact) mass is 339 g/mol. The molecule has 0 fully saturated rings. The standard InChI is InChI=1S/C20H22FN3O/c1-20(2,3)19(25)22-12-18-23-16-6-4-5-7-17(16)24(18)13-14-8-10-15(21)11-9-14/h4-11H,12-13H2,1-3H3,(H,22,25). The summed E-state index contributed by atoms with van der Waals surface area (Å²) in [5.74, 6) is 0.507. The number of aromatic nitrogens is 2. The predicted octanol–water partition coefficient (Wildman–Crippen LogP) is 3.89. The van der Waals surface area contributed by atoms with Gasteiger partial charge >= 0.3 is 0 Å². The minimum absolute atomic E-state index is 0.0205. The van der Waals surface area contributed by atoms with Crippen molar-refractivity contribution in [3.05, 3.63) is 65.7 Å². The van der Waals surface area contributed by atoms with Gasteiger partial charge in [0.05, 0.1) is 17.6 Å². The molecule has 0 saturated carbocycles. The maximum atomic E-state index is 13.2. The van der Waals surface area contributed by atoms with Crippen LogP contribution in [0, 0.1) is 11.2 Å². The molecule has 0 aliphatic heterocycles. The molecule has 1 N–H and O–H groups in total. The van der Waals surface area contributed by atoms with Gasteiger partial charge in [-0.05, 0) is 29.8 Å². The molecule has 3 rings (SSSR count). The van der Waals surface area contributed by atoms with Gasteiger partial charge in [-0.15, -0.1) is 0 Å². The van der Waals surface area contributed by atoms with Crippen LogP contribution in [0.1, 0.15) is 32.2 Å². The molecular weight excluding hydrogens is 317 g/mol. The van der Waals surface area contributed by atoms with Crippen LogP contribution in [0.4, 0.5) is 4.39 Å². The van der Waals surface area contributed by atoms with Gasteiger partial charge in [-0.2, -0.15) is 0 Å². The van der Waals surface area contributed by atoms with Crippen LogP contribution in [0.3, 0.4) is 0 Å². The van der Waals surface area contributed by atoms with Crippen LogP contribution in [0.2, 0.25) is 0 Å². The minimum atomic E-state index is -0.451. The number of halogens is 1. The van der Waals surface area contributed by atoms with Crippen molar-refractivity contribution in [2.24, 2.45) is 5.41 Å². The molecule has 1 heterocycles. The molecule has 5 heteroatoms. The highest BCUT2D eigenvalue weighted by atomic mass is 19.1. The fourth-order valence-corrected chi connectivity index (χ4v) is 2.63. The lowest BCUT2D eigenvalue weighted by Crippen LogP contribution is -2.35. The van der Waals surface area contributed by atoms with Gasteiger partial charge in [0.2, 0.25) is 5.91 Å². The van der Waals surface area contributed by atoms with Gasteiger partial charge in [0, 0.05) is 12.0 Å². The van der Waals surface area contributed by atoms with Crippen molar-refractivity contribution in [2.45, 2.75) is 33.9 Å². The first kappa shape index (κ1) is 17.1. The topological polar surface area (TPSA) is 46.9 Å². The van der Waals surface area contributed by atoms with Gasteiger partial charge in [-0.3, -0.25) is 4.79 Å². The van der Waals surface area contributed by atoms with Crippen molar-refractivity contribution in [2.75, 3.05) is 0 Å². The van der Waals surface area contributed by atoms with Crippen LogP contribution in [-0.4, -0.2) is 15.5 Å². The van der Waals surface area contributed by atoms with Gasteiger partial charge < -0.3 is 9.88 Å². The van der Waals surface area contributed by atoms with Gasteiger partial charge in [0.1, 0.15) is 11.6 Å². The van der Waals surface area contributed by atoms with Gasteiger partial charge in [0.25, 0.3) is 0 Å². The molecule has 0 bridgehead atoms. The number of hydrogen-bond donors (Lipinski definition) is 1. The highest BCUT2D eigenvalue weighted by Crippen LogP contribution is 2.19. The SMILES string of the molecule is CC(C)(C)C(=O)NCc1nc2ccccc2n1Cc1ccc(F)cc1. The normalized spacial score (nSPS) is 11.7. The van der Waals surface area contributed by atoms with Crippen LogP contribution in [0.25, 0.3) is 11.0 Å². The number of carbonyl (C=O) groups excluding carboxylic acids is 1. The molecule has 0 spiro atoms. The third kappa shape index (κ3) is 3.87. The maximum absolute atomic E-state index is 13.2. The molecule has 1 amide bonds. The average molecular weight is 339 g/mol. The summed E-state index contributed by atoms with van der Waals surface area (Å²) in [5, 5.41) is 2.95. The number of amides is 1. The van der Waals surface area contributed by atoms with Gasteiger partial charge in [-0.1, -0.05) is 45.0 Å². The first-order valence-corrected chi connectivity index (χ1v) is 8.31. The molecule has 0 aliphatic carbocycles. The van der Waals surface area contributed by atoms with E-state index >= 15 is 0 Å². The van der Waals surface area contributed by atoms with Crippen LogP contribution < -0.4 is 5.32 Å². The summed E-state index contributed by atoms with van der Waals surface area (Å²) >= 11 is 0. The summed E-state index contributed by atoms with van der Waals surface area (Å²) < 4.78 is 15.2. The first-order chi connectivity index (χ1) is 11.8. The molecule has 0 saturated heterocycles. The number of hydrogen-bond acceptors (Lipinski definition) is 2. The smallest absolute Gasteiger partial charge is 0.225 e. The molecule has 0 unspecified atom stereocenters. The summed E-state index contributed by atoms with van der Waals surface area (Å²) in [6, 6.07) is 14.3. The Kier molecular flexibility index (Phi) is 4.57. The second-order valence-electron chi connectivity index (χ2n) is 7.16. The Bertz CT molecular complexity index is 891. The lowest BCUT2D eigenvalue weighted by Gasteiger charge is -2.18. The van der Waals surface area contributed by atoms with E-state index in [0.29, 0.717) is 13.1 Å². The van der Waals surface area contributed by atoms with E-state index in [1.165, 1.54) is 12.1 Å². The summed E-state index contributed by atoms with van der Waals surface area (Å²) in [6.07, 6.45) is 0. The van der Waals surface area contributed by atoms with E-state index in [2.05, 4.69) is 14.9 Å². The first-order valence-electron chi connectivity index (χ1n) is 8.31. The van der Waals surface area contributed by atoms with Crippen molar-refractivity contribution < 1.29 is 9.18 Å². The molecule has 130 valence electrons. The van der Waals surface area contributed by atoms with E-state index in [4.69, 9.17) is 0 Å².